The summed E-state index contributed by atoms with van der Waals surface area (Å²) in [4.78, 5) is 14.2. The number of ether oxygens (including phenoxy) is 1. The molecule has 0 saturated carbocycles. The van der Waals surface area contributed by atoms with Gasteiger partial charge < -0.3 is 15.0 Å². The summed E-state index contributed by atoms with van der Waals surface area (Å²) in [6.45, 7) is 4.82. The van der Waals surface area contributed by atoms with E-state index in [9.17, 15) is 4.79 Å². The Morgan fingerprint density at radius 1 is 1.39 bits per heavy atom. The van der Waals surface area contributed by atoms with Crippen molar-refractivity contribution in [1.82, 2.24) is 10.2 Å². The first-order valence-corrected chi connectivity index (χ1v) is 7.21. The quantitative estimate of drug-likeness (QED) is 0.831. The Labute approximate surface area is 110 Å². The first-order valence-electron chi connectivity index (χ1n) is 7.21. The van der Waals surface area contributed by atoms with Crippen LogP contribution in [0.2, 0.25) is 0 Å². The molecule has 2 saturated heterocycles. The first kappa shape index (κ1) is 13.8. The summed E-state index contributed by atoms with van der Waals surface area (Å²) in [5.41, 5.74) is 0.206. The Hall–Kier alpha value is -0.610. The standard InChI is InChI=1S/C14H26N2O2/c1-14(15-2)6-8-16(9-7-14)13(17)11-12-5-3-4-10-18-12/h12,15H,3-11H2,1-2H3. The molecule has 18 heavy (non-hydrogen) atoms. The zero-order valence-electron chi connectivity index (χ0n) is 11.7. The molecule has 2 aliphatic rings. The third kappa shape index (κ3) is 3.45. The van der Waals surface area contributed by atoms with E-state index in [4.69, 9.17) is 4.74 Å². The molecule has 1 amide bonds. The molecule has 1 N–H and O–H groups in total. The Morgan fingerprint density at radius 3 is 2.67 bits per heavy atom. The maximum absolute atomic E-state index is 12.2. The fourth-order valence-electron chi connectivity index (χ4n) is 2.79. The number of nitrogens with one attached hydrogen (secondary N) is 1. The van der Waals surface area contributed by atoms with Crippen molar-refractivity contribution in [2.24, 2.45) is 0 Å². The molecule has 0 spiro atoms. The largest absolute Gasteiger partial charge is 0.378 e. The molecule has 2 heterocycles. The highest BCUT2D eigenvalue weighted by Gasteiger charge is 2.31. The van der Waals surface area contributed by atoms with Crippen LogP contribution >= 0.6 is 0 Å². The lowest BCUT2D eigenvalue weighted by Crippen LogP contribution is -2.51. The molecule has 1 atom stereocenters. The number of hydrogen-bond acceptors (Lipinski definition) is 3. The number of piperidine rings is 1. The molecule has 1 unspecified atom stereocenters. The van der Waals surface area contributed by atoms with E-state index in [0.29, 0.717) is 6.42 Å². The van der Waals surface area contributed by atoms with Gasteiger partial charge in [-0.25, -0.2) is 0 Å². The predicted molar refractivity (Wildman–Crippen MR) is 71.5 cm³/mol. The van der Waals surface area contributed by atoms with E-state index in [-0.39, 0.29) is 17.6 Å². The van der Waals surface area contributed by atoms with Gasteiger partial charge >= 0.3 is 0 Å². The summed E-state index contributed by atoms with van der Waals surface area (Å²) in [7, 11) is 2.01. The van der Waals surface area contributed by atoms with E-state index >= 15 is 0 Å². The highest BCUT2D eigenvalue weighted by Crippen LogP contribution is 2.23. The minimum atomic E-state index is 0.170. The molecule has 0 aromatic carbocycles. The maximum Gasteiger partial charge on any atom is 0.225 e. The van der Waals surface area contributed by atoms with Crippen LogP contribution < -0.4 is 5.32 Å². The van der Waals surface area contributed by atoms with Crippen molar-refractivity contribution in [3.8, 4) is 0 Å². The Balaban J connectivity index is 1.76. The normalized spacial score (nSPS) is 28.1. The maximum atomic E-state index is 12.2. The fraction of sp³-hybridized carbons (Fsp3) is 0.929. The summed E-state index contributed by atoms with van der Waals surface area (Å²) in [6.07, 6.45) is 6.24. The van der Waals surface area contributed by atoms with Crippen molar-refractivity contribution in [3.63, 3.8) is 0 Å². The van der Waals surface area contributed by atoms with Crippen molar-refractivity contribution in [1.29, 1.82) is 0 Å². The second-order valence-corrected chi connectivity index (χ2v) is 5.88. The minimum Gasteiger partial charge on any atom is -0.378 e. The van der Waals surface area contributed by atoms with Gasteiger partial charge in [-0.1, -0.05) is 0 Å². The van der Waals surface area contributed by atoms with E-state index < -0.39 is 0 Å². The second-order valence-electron chi connectivity index (χ2n) is 5.88. The van der Waals surface area contributed by atoms with E-state index in [0.717, 1.165) is 45.4 Å². The fourth-order valence-corrected chi connectivity index (χ4v) is 2.79. The number of carbonyl (C=O) groups is 1. The molecule has 104 valence electrons. The van der Waals surface area contributed by atoms with Gasteiger partial charge in [0.15, 0.2) is 0 Å². The molecular weight excluding hydrogens is 228 g/mol. The van der Waals surface area contributed by atoms with Crippen LogP contribution in [0.15, 0.2) is 0 Å². The zero-order valence-corrected chi connectivity index (χ0v) is 11.7. The third-order valence-electron chi connectivity index (χ3n) is 4.50. The van der Waals surface area contributed by atoms with E-state index in [2.05, 4.69) is 12.2 Å². The second kappa shape index (κ2) is 6.02. The van der Waals surface area contributed by atoms with Crippen LogP contribution in [-0.2, 0) is 9.53 Å². The van der Waals surface area contributed by atoms with E-state index in [1.165, 1.54) is 6.42 Å². The van der Waals surface area contributed by atoms with Gasteiger partial charge in [0.2, 0.25) is 5.91 Å². The predicted octanol–water partition coefficient (Wildman–Crippen LogP) is 1.55. The lowest BCUT2D eigenvalue weighted by Gasteiger charge is -2.39. The lowest BCUT2D eigenvalue weighted by molar-refractivity contribution is -0.136. The molecule has 4 nitrogen and oxygen atoms in total. The van der Waals surface area contributed by atoms with Crippen molar-refractivity contribution >= 4 is 5.91 Å². The van der Waals surface area contributed by atoms with E-state index in [1.807, 2.05) is 11.9 Å². The van der Waals surface area contributed by atoms with Crippen molar-refractivity contribution in [2.75, 3.05) is 26.7 Å². The van der Waals surface area contributed by atoms with Crippen LogP contribution in [0.1, 0.15) is 45.4 Å². The monoisotopic (exact) mass is 254 g/mol. The average molecular weight is 254 g/mol. The van der Waals surface area contributed by atoms with Gasteiger partial charge in [0.25, 0.3) is 0 Å². The van der Waals surface area contributed by atoms with Crippen LogP contribution in [0.3, 0.4) is 0 Å². The number of rotatable bonds is 3. The molecule has 0 aromatic heterocycles. The molecule has 2 fully saturated rings. The molecule has 2 aliphatic heterocycles. The molecule has 4 heteroatoms. The highest BCUT2D eigenvalue weighted by molar-refractivity contribution is 5.76. The van der Waals surface area contributed by atoms with Gasteiger partial charge in [0, 0.05) is 25.2 Å². The topological polar surface area (TPSA) is 41.6 Å². The zero-order chi connectivity index (χ0) is 13.0. The van der Waals surface area contributed by atoms with Crippen LogP contribution in [0.5, 0.6) is 0 Å². The first-order chi connectivity index (χ1) is 8.63. The summed E-state index contributed by atoms with van der Waals surface area (Å²) >= 11 is 0. The number of carbonyl (C=O) groups excluding carboxylic acids is 1. The average Bonchev–Trinajstić information content (AvgIpc) is 2.40. The lowest BCUT2D eigenvalue weighted by atomic mass is 9.89. The van der Waals surface area contributed by atoms with Gasteiger partial charge in [0.1, 0.15) is 0 Å². The number of nitrogens with zero attached hydrogens (tertiary/aromatic N) is 1. The van der Waals surface area contributed by atoms with Gasteiger partial charge in [-0.05, 0) is 46.1 Å². The smallest absolute Gasteiger partial charge is 0.225 e. The van der Waals surface area contributed by atoms with E-state index in [1.54, 1.807) is 0 Å². The van der Waals surface area contributed by atoms with Gasteiger partial charge in [-0.3, -0.25) is 4.79 Å². The number of likely N-dealkylation sites (tertiary alicyclic amines) is 1. The number of amides is 1. The Morgan fingerprint density at radius 2 is 2.11 bits per heavy atom. The molecule has 0 radical (unpaired) electrons. The molecular formula is C14H26N2O2. The van der Waals surface area contributed by atoms with Gasteiger partial charge in [-0.15, -0.1) is 0 Å². The van der Waals surface area contributed by atoms with Crippen LogP contribution in [0.25, 0.3) is 0 Å². The summed E-state index contributed by atoms with van der Waals surface area (Å²) in [6, 6.07) is 0. The van der Waals surface area contributed by atoms with Crippen molar-refractivity contribution in [3.05, 3.63) is 0 Å². The molecule has 2 rings (SSSR count). The molecule has 0 aromatic rings. The van der Waals surface area contributed by atoms with Gasteiger partial charge in [0.05, 0.1) is 12.5 Å². The molecule has 0 aliphatic carbocycles. The van der Waals surface area contributed by atoms with Crippen molar-refractivity contribution in [2.45, 2.75) is 57.1 Å². The summed E-state index contributed by atoms with van der Waals surface area (Å²) in [5.74, 6) is 0.278. The third-order valence-corrected chi connectivity index (χ3v) is 4.50. The van der Waals surface area contributed by atoms with Crippen molar-refractivity contribution < 1.29 is 9.53 Å². The Bertz CT molecular complexity index is 280. The minimum absolute atomic E-state index is 0.170. The SMILES string of the molecule is CNC1(C)CCN(C(=O)CC2CCCCO2)CC1. The Kier molecular flexibility index (Phi) is 4.62. The molecule has 0 bridgehead atoms. The van der Waals surface area contributed by atoms with Crippen LogP contribution in [-0.4, -0.2) is 49.2 Å². The van der Waals surface area contributed by atoms with Crippen LogP contribution in [0, 0.1) is 0 Å². The summed E-state index contributed by atoms with van der Waals surface area (Å²) < 4.78 is 5.64. The highest BCUT2D eigenvalue weighted by atomic mass is 16.5. The number of hydrogen-bond donors (Lipinski definition) is 1. The van der Waals surface area contributed by atoms with Crippen LogP contribution in [0.4, 0.5) is 0 Å². The van der Waals surface area contributed by atoms with Gasteiger partial charge in [-0.2, -0.15) is 0 Å². The summed E-state index contributed by atoms with van der Waals surface area (Å²) in [5, 5.41) is 3.36.